The van der Waals surface area contributed by atoms with Gasteiger partial charge in [0.2, 0.25) is 0 Å². The summed E-state index contributed by atoms with van der Waals surface area (Å²) in [6.45, 7) is 0. The highest BCUT2D eigenvalue weighted by Crippen LogP contribution is 2.34. The van der Waals surface area contributed by atoms with Gasteiger partial charge in [-0.3, -0.25) is 0 Å². The van der Waals surface area contributed by atoms with E-state index in [1.807, 2.05) is 36.4 Å². The molecule has 0 radical (unpaired) electrons. The molecule has 3 rings (SSSR count). The maximum atomic E-state index is 5.98. The van der Waals surface area contributed by atoms with Gasteiger partial charge in [-0.15, -0.1) is 12.4 Å². The normalized spacial score (nSPS) is 12.2. The highest BCUT2D eigenvalue weighted by atomic mass is 35.5. The molecule has 0 saturated heterocycles. The van der Waals surface area contributed by atoms with Gasteiger partial charge in [-0.25, -0.2) is 4.99 Å². The highest BCUT2D eigenvalue weighted by Gasteiger charge is 2.13. The molecule has 0 atom stereocenters. The summed E-state index contributed by atoms with van der Waals surface area (Å²) in [6, 6.07) is 13.3. The van der Waals surface area contributed by atoms with E-state index in [0.29, 0.717) is 10.9 Å². The minimum Gasteiger partial charge on any atom is -0.383 e. The molecular formula is C13H11Cl2N3. The fraction of sp³-hybridized carbons (Fsp3) is 0. The molecule has 0 spiro atoms. The van der Waals surface area contributed by atoms with Crippen LogP contribution in [-0.4, -0.2) is 5.84 Å². The van der Waals surface area contributed by atoms with Crippen LogP contribution in [0.3, 0.4) is 0 Å². The lowest BCUT2D eigenvalue weighted by Gasteiger charge is -2.08. The molecule has 0 unspecified atom stereocenters. The second-order valence-corrected chi connectivity index (χ2v) is 4.27. The highest BCUT2D eigenvalue weighted by molar-refractivity contribution is 6.31. The summed E-state index contributed by atoms with van der Waals surface area (Å²) in [4.78, 5) is 4.39. The van der Waals surface area contributed by atoms with Gasteiger partial charge in [-0.05, 0) is 30.3 Å². The topological polar surface area (TPSA) is 50.4 Å². The Bertz CT molecular complexity index is 623. The number of amidine groups is 1. The Balaban J connectivity index is 0.00000120. The van der Waals surface area contributed by atoms with Gasteiger partial charge in [0.05, 0.1) is 11.4 Å². The fourth-order valence-electron chi connectivity index (χ4n) is 1.85. The second kappa shape index (κ2) is 4.88. The smallest absolute Gasteiger partial charge is 0.133 e. The molecule has 1 heterocycles. The van der Waals surface area contributed by atoms with Crippen molar-refractivity contribution in [3.8, 4) is 0 Å². The minimum atomic E-state index is 0. The SMILES string of the molecule is Cl.NC1=Nc2cc(Cl)ccc2Nc2ccccc21. The number of halogens is 2. The van der Waals surface area contributed by atoms with Crippen molar-refractivity contribution >= 4 is 46.9 Å². The summed E-state index contributed by atoms with van der Waals surface area (Å²) in [5.74, 6) is 0.495. The first-order valence-electron chi connectivity index (χ1n) is 5.24. The van der Waals surface area contributed by atoms with Crippen molar-refractivity contribution in [1.82, 2.24) is 0 Å². The van der Waals surface area contributed by atoms with Crippen LogP contribution in [0.1, 0.15) is 5.56 Å². The monoisotopic (exact) mass is 279 g/mol. The summed E-state index contributed by atoms with van der Waals surface area (Å²) in [5.41, 5.74) is 9.49. The van der Waals surface area contributed by atoms with Crippen LogP contribution in [0.15, 0.2) is 47.5 Å². The molecule has 92 valence electrons. The third kappa shape index (κ3) is 2.15. The Morgan fingerprint density at radius 1 is 1.06 bits per heavy atom. The molecule has 2 aromatic rings. The van der Waals surface area contributed by atoms with Gasteiger partial charge in [0.15, 0.2) is 0 Å². The second-order valence-electron chi connectivity index (χ2n) is 3.83. The van der Waals surface area contributed by atoms with E-state index >= 15 is 0 Å². The van der Waals surface area contributed by atoms with E-state index in [2.05, 4.69) is 10.3 Å². The summed E-state index contributed by atoms with van der Waals surface area (Å²) < 4.78 is 0. The van der Waals surface area contributed by atoms with Crippen LogP contribution >= 0.6 is 24.0 Å². The number of anilines is 2. The van der Waals surface area contributed by atoms with E-state index in [4.69, 9.17) is 17.3 Å². The van der Waals surface area contributed by atoms with E-state index in [0.717, 1.165) is 22.6 Å². The molecule has 18 heavy (non-hydrogen) atoms. The molecule has 3 nitrogen and oxygen atoms in total. The van der Waals surface area contributed by atoms with Gasteiger partial charge in [0, 0.05) is 16.3 Å². The van der Waals surface area contributed by atoms with Crippen LogP contribution in [0.25, 0.3) is 0 Å². The molecule has 0 fully saturated rings. The van der Waals surface area contributed by atoms with Crippen molar-refractivity contribution < 1.29 is 0 Å². The van der Waals surface area contributed by atoms with Gasteiger partial charge in [-0.1, -0.05) is 23.7 Å². The Morgan fingerprint density at radius 3 is 2.67 bits per heavy atom. The number of fused-ring (bicyclic) bond motifs is 2. The van der Waals surface area contributed by atoms with E-state index < -0.39 is 0 Å². The zero-order chi connectivity index (χ0) is 11.8. The average Bonchev–Trinajstić information content (AvgIpc) is 2.46. The van der Waals surface area contributed by atoms with Crippen LogP contribution in [0.4, 0.5) is 17.1 Å². The van der Waals surface area contributed by atoms with Crippen LogP contribution < -0.4 is 11.1 Å². The third-order valence-electron chi connectivity index (χ3n) is 2.67. The van der Waals surface area contributed by atoms with Crippen LogP contribution in [-0.2, 0) is 0 Å². The zero-order valence-corrected chi connectivity index (χ0v) is 10.9. The van der Waals surface area contributed by atoms with Gasteiger partial charge in [0.25, 0.3) is 0 Å². The van der Waals surface area contributed by atoms with E-state index in [-0.39, 0.29) is 12.4 Å². The predicted octanol–water partition coefficient (Wildman–Crippen LogP) is 3.86. The van der Waals surface area contributed by atoms with Crippen molar-refractivity contribution in [2.45, 2.75) is 0 Å². The number of hydrogen-bond donors (Lipinski definition) is 2. The van der Waals surface area contributed by atoms with E-state index in [9.17, 15) is 0 Å². The number of aliphatic imine (C=N–C) groups is 1. The quantitative estimate of drug-likeness (QED) is 0.770. The van der Waals surface area contributed by atoms with Gasteiger partial charge >= 0.3 is 0 Å². The molecule has 0 bridgehead atoms. The lowest BCUT2D eigenvalue weighted by atomic mass is 10.1. The standard InChI is InChI=1S/C13H10ClN3.ClH/c14-8-5-6-11-12(7-8)17-13(15)9-3-1-2-4-10(9)16-11;/h1-7,16H,(H2,15,17);1H. The number of para-hydroxylation sites is 1. The summed E-state index contributed by atoms with van der Waals surface area (Å²) >= 11 is 5.95. The minimum absolute atomic E-state index is 0. The van der Waals surface area contributed by atoms with Crippen LogP contribution in [0, 0.1) is 0 Å². The first-order valence-corrected chi connectivity index (χ1v) is 5.62. The Kier molecular flexibility index (Phi) is 3.45. The Morgan fingerprint density at radius 2 is 1.83 bits per heavy atom. The first kappa shape index (κ1) is 12.7. The van der Waals surface area contributed by atoms with Crippen molar-refractivity contribution in [3.05, 3.63) is 53.1 Å². The molecular weight excluding hydrogens is 269 g/mol. The van der Waals surface area contributed by atoms with Crippen LogP contribution in [0.2, 0.25) is 5.02 Å². The maximum absolute atomic E-state index is 5.98. The lowest BCUT2D eigenvalue weighted by Crippen LogP contribution is -2.13. The van der Waals surface area contributed by atoms with Crippen molar-refractivity contribution in [2.24, 2.45) is 10.7 Å². The third-order valence-corrected chi connectivity index (χ3v) is 2.91. The van der Waals surface area contributed by atoms with Crippen molar-refractivity contribution in [3.63, 3.8) is 0 Å². The molecule has 5 heteroatoms. The molecule has 2 aromatic carbocycles. The van der Waals surface area contributed by atoms with Crippen molar-refractivity contribution in [2.75, 3.05) is 5.32 Å². The summed E-state index contributed by atoms with van der Waals surface area (Å²) in [7, 11) is 0. The molecule has 0 aliphatic carbocycles. The molecule has 3 N–H and O–H groups in total. The fourth-order valence-corrected chi connectivity index (χ4v) is 2.02. The summed E-state index contributed by atoms with van der Waals surface area (Å²) in [6.07, 6.45) is 0. The Hall–Kier alpha value is -1.71. The van der Waals surface area contributed by atoms with E-state index in [1.165, 1.54) is 0 Å². The number of benzene rings is 2. The number of rotatable bonds is 0. The van der Waals surface area contributed by atoms with Gasteiger partial charge in [0.1, 0.15) is 5.84 Å². The van der Waals surface area contributed by atoms with Gasteiger partial charge < -0.3 is 11.1 Å². The van der Waals surface area contributed by atoms with Crippen LogP contribution in [0.5, 0.6) is 0 Å². The molecule has 1 aliphatic heterocycles. The number of nitrogens with zero attached hydrogens (tertiary/aromatic N) is 1. The summed E-state index contributed by atoms with van der Waals surface area (Å²) in [5, 5.41) is 3.95. The van der Waals surface area contributed by atoms with E-state index in [1.54, 1.807) is 6.07 Å². The maximum Gasteiger partial charge on any atom is 0.133 e. The molecule has 0 saturated carbocycles. The van der Waals surface area contributed by atoms with Crippen molar-refractivity contribution in [1.29, 1.82) is 0 Å². The molecule has 0 aromatic heterocycles. The van der Waals surface area contributed by atoms with Gasteiger partial charge in [-0.2, -0.15) is 0 Å². The number of hydrogen-bond acceptors (Lipinski definition) is 3. The predicted molar refractivity (Wildman–Crippen MR) is 78.8 cm³/mol. The molecule has 1 aliphatic rings. The number of nitrogens with one attached hydrogen (secondary N) is 1. The first-order chi connectivity index (χ1) is 8.24. The largest absolute Gasteiger partial charge is 0.383 e. The lowest BCUT2D eigenvalue weighted by molar-refractivity contribution is 1.48. The average molecular weight is 280 g/mol. The zero-order valence-electron chi connectivity index (χ0n) is 9.35. The Labute approximate surface area is 116 Å². The number of nitrogens with two attached hydrogens (primary N) is 1. The molecule has 0 amide bonds.